The Morgan fingerprint density at radius 3 is 2.76 bits per heavy atom. The summed E-state index contributed by atoms with van der Waals surface area (Å²) in [7, 11) is 0. The molecule has 4 nitrogen and oxygen atoms in total. The zero-order valence-electron chi connectivity index (χ0n) is 9.30. The summed E-state index contributed by atoms with van der Waals surface area (Å²) in [5.41, 5.74) is 0.494. The van der Waals surface area contributed by atoms with Crippen molar-refractivity contribution in [2.75, 3.05) is 13.1 Å². The molecule has 2 bridgehead atoms. The Balaban J connectivity index is 1.81. The van der Waals surface area contributed by atoms with Crippen LogP contribution in [0.15, 0.2) is 22.8 Å². The van der Waals surface area contributed by atoms with Gasteiger partial charge in [-0.25, -0.2) is 4.98 Å². The Labute approximate surface area is 108 Å². The highest BCUT2D eigenvalue weighted by Gasteiger charge is 2.36. The van der Waals surface area contributed by atoms with Gasteiger partial charge in [0.1, 0.15) is 5.69 Å². The predicted octanol–water partition coefficient (Wildman–Crippen LogP) is 1.85. The molecule has 2 saturated heterocycles. The first-order chi connectivity index (χ1) is 8.24. The van der Waals surface area contributed by atoms with Crippen LogP contribution in [0.3, 0.4) is 0 Å². The number of hydrogen-bond acceptors (Lipinski definition) is 3. The fourth-order valence-electron chi connectivity index (χ4n) is 2.47. The van der Waals surface area contributed by atoms with Crippen LogP contribution in [0.4, 0.5) is 0 Å². The lowest BCUT2D eigenvalue weighted by molar-refractivity contribution is -0.0305. The number of nitrogens with zero attached hydrogens (tertiary/aromatic N) is 2. The number of ether oxygens (including phenoxy) is 1. The van der Waals surface area contributed by atoms with Gasteiger partial charge < -0.3 is 9.64 Å². The lowest BCUT2D eigenvalue weighted by atomic mass is 10.2. The maximum absolute atomic E-state index is 12.3. The van der Waals surface area contributed by atoms with Crippen molar-refractivity contribution in [2.24, 2.45) is 0 Å². The average molecular weight is 297 g/mol. The van der Waals surface area contributed by atoms with Crippen molar-refractivity contribution in [2.45, 2.75) is 25.0 Å². The number of pyridine rings is 1. The molecule has 0 aromatic carbocycles. The van der Waals surface area contributed by atoms with Gasteiger partial charge >= 0.3 is 0 Å². The van der Waals surface area contributed by atoms with Gasteiger partial charge in [-0.05, 0) is 40.9 Å². The van der Waals surface area contributed by atoms with E-state index in [1.807, 2.05) is 17.0 Å². The first kappa shape index (κ1) is 11.2. The van der Waals surface area contributed by atoms with Crippen molar-refractivity contribution in [1.29, 1.82) is 0 Å². The molecule has 2 aliphatic rings. The maximum atomic E-state index is 12.3. The summed E-state index contributed by atoms with van der Waals surface area (Å²) in [5.74, 6) is -0.00215. The van der Waals surface area contributed by atoms with Crippen molar-refractivity contribution in [3.05, 3.63) is 28.5 Å². The molecule has 2 fully saturated rings. The maximum Gasteiger partial charge on any atom is 0.273 e. The molecule has 2 aliphatic heterocycles. The summed E-state index contributed by atoms with van der Waals surface area (Å²) in [6.45, 7) is 1.39. The molecule has 1 aromatic rings. The Morgan fingerprint density at radius 2 is 2.12 bits per heavy atom. The van der Waals surface area contributed by atoms with E-state index in [4.69, 9.17) is 4.74 Å². The van der Waals surface area contributed by atoms with Crippen LogP contribution >= 0.6 is 15.9 Å². The Morgan fingerprint density at radius 1 is 1.41 bits per heavy atom. The average Bonchev–Trinajstić information content (AvgIpc) is 2.68. The van der Waals surface area contributed by atoms with Crippen LogP contribution in [0, 0.1) is 0 Å². The van der Waals surface area contributed by atoms with Gasteiger partial charge in [0.15, 0.2) is 0 Å². The molecule has 0 aliphatic carbocycles. The number of carbonyl (C=O) groups excluding carboxylic acids is 1. The molecule has 0 saturated carbocycles. The van der Waals surface area contributed by atoms with E-state index in [9.17, 15) is 4.79 Å². The number of rotatable bonds is 1. The minimum Gasteiger partial charge on any atom is -0.371 e. The lowest BCUT2D eigenvalue weighted by Crippen LogP contribution is -2.46. The smallest absolute Gasteiger partial charge is 0.273 e. The Hall–Kier alpha value is -0.940. The molecule has 0 radical (unpaired) electrons. The van der Waals surface area contributed by atoms with E-state index in [0.29, 0.717) is 18.8 Å². The standard InChI is InChI=1S/C12H13BrN2O2/c13-10-2-1-5-14-11(10)12(16)15-6-8-3-4-9(7-15)17-8/h1-2,5,8-9H,3-4,6-7H2. The number of morpholine rings is 1. The SMILES string of the molecule is O=C(c1ncccc1Br)N1CC2CCC(C1)O2. The second-order valence-electron chi connectivity index (χ2n) is 4.50. The van der Waals surface area contributed by atoms with Crippen LogP contribution in [0.2, 0.25) is 0 Å². The molecule has 0 N–H and O–H groups in total. The molecule has 3 rings (SSSR count). The number of fused-ring (bicyclic) bond motifs is 2. The summed E-state index contributed by atoms with van der Waals surface area (Å²) in [4.78, 5) is 18.3. The Kier molecular flexibility index (Phi) is 2.88. The molecule has 2 unspecified atom stereocenters. The molecule has 1 amide bonds. The van der Waals surface area contributed by atoms with Gasteiger partial charge in [-0.3, -0.25) is 4.79 Å². The molecule has 17 heavy (non-hydrogen) atoms. The molecular weight excluding hydrogens is 284 g/mol. The third-order valence-corrected chi connectivity index (χ3v) is 3.93. The summed E-state index contributed by atoms with van der Waals surface area (Å²) < 4.78 is 6.47. The monoisotopic (exact) mass is 296 g/mol. The second-order valence-corrected chi connectivity index (χ2v) is 5.36. The molecular formula is C12H13BrN2O2. The fourth-order valence-corrected chi connectivity index (χ4v) is 2.90. The molecule has 2 atom stereocenters. The van der Waals surface area contributed by atoms with E-state index in [2.05, 4.69) is 20.9 Å². The van der Waals surface area contributed by atoms with Gasteiger partial charge in [0, 0.05) is 23.8 Å². The Bertz CT molecular complexity index is 440. The van der Waals surface area contributed by atoms with Gasteiger partial charge in [-0.2, -0.15) is 0 Å². The zero-order chi connectivity index (χ0) is 11.8. The predicted molar refractivity (Wildman–Crippen MR) is 65.7 cm³/mol. The van der Waals surface area contributed by atoms with Crippen LogP contribution < -0.4 is 0 Å². The highest BCUT2D eigenvalue weighted by Crippen LogP contribution is 2.27. The number of carbonyl (C=O) groups is 1. The third kappa shape index (κ3) is 2.09. The number of hydrogen-bond donors (Lipinski definition) is 0. The zero-order valence-corrected chi connectivity index (χ0v) is 10.9. The van der Waals surface area contributed by atoms with Crippen molar-refractivity contribution in [3.63, 3.8) is 0 Å². The summed E-state index contributed by atoms with van der Waals surface area (Å²) >= 11 is 3.37. The van der Waals surface area contributed by atoms with Gasteiger partial charge in [0.2, 0.25) is 0 Å². The van der Waals surface area contributed by atoms with Crippen LogP contribution in [-0.2, 0) is 4.74 Å². The van der Waals surface area contributed by atoms with Gasteiger partial charge in [0.05, 0.1) is 12.2 Å². The molecule has 5 heteroatoms. The van der Waals surface area contributed by atoms with Gasteiger partial charge in [-0.15, -0.1) is 0 Å². The minimum atomic E-state index is -0.00215. The molecule has 90 valence electrons. The van der Waals surface area contributed by atoms with Gasteiger partial charge in [0.25, 0.3) is 5.91 Å². The van der Waals surface area contributed by atoms with E-state index < -0.39 is 0 Å². The summed E-state index contributed by atoms with van der Waals surface area (Å²) in [5, 5.41) is 0. The first-order valence-electron chi connectivity index (χ1n) is 5.79. The highest BCUT2D eigenvalue weighted by molar-refractivity contribution is 9.10. The largest absolute Gasteiger partial charge is 0.371 e. The topological polar surface area (TPSA) is 42.4 Å². The third-order valence-electron chi connectivity index (χ3n) is 3.29. The number of halogens is 1. The number of aromatic nitrogens is 1. The van der Waals surface area contributed by atoms with Crippen LogP contribution in [0.5, 0.6) is 0 Å². The van der Waals surface area contributed by atoms with Crippen molar-refractivity contribution in [3.8, 4) is 0 Å². The number of amides is 1. The van der Waals surface area contributed by atoms with E-state index in [1.165, 1.54) is 0 Å². The van der Waals surface area contributed by atoms with Crippen LogP contribution in [-0.4, -0.2) is 41.1 Å². The summed E-state index contributed by atoms with van der Waals surface area (Å²) in [6.07, 6.45) is 4.23. The van der Waals surface area contributed by atoms with E-state index >= 15 is 0 Å². The summed E-state index contributed by atoms with van der Waals surface area (Å²) in [6, 6.07) is 3.65. The molecule has 1 aromatic heterocycles. The highest BCUT2D eigenvalue weighted by atomic mass is 79.9. The van der Waals surface area contributed by atoms with Gasteiger partial charge in [-0.1, -0.05) is 0 Å². The number of likely N-dealkylation sites (tertiary alicyclic amines) is 1. The van der Waals surface area contributed by atoms with E-state index in [1.54, 1.807) is 6.20 Å². The van der Waals surface area contributed by atoms with Crippen molar-refractivity contribution >= 4 is 21.8 Å². The second kappa shape index (κ2) is 4.38. The van der Waals surface area contributed by atoms with Crippen LogP contribution in [0.25, 0.3) is 0 Å². The fraction of sp³-hybridized carbons (Fsp3) is 0.500. The van der Waals surface area contributed by atoms with Crippen molar-refractivity contribution in [1.82, 2.24) is 9.88 Å². The normalized spacial score (nSPS) is 27.2. The van der Waals surface area contributed by atoms with E-state index in [-0.39, 0.29) is 18.1 Å². The van der Waals surface area contributed by atoms with E-state index in [0.717, 1.165) is 17.3 Å². The quantitative estimate of drug-likeness (QED) is 0.794. The van der Waals surface area contributed by atoms with Crippen LogP contribution in [0.1, 0.15) is 23.3 Å². The lowest BCUT2D eigenvalue weighted by Gasteiger charge is -2.32. The molecule has 3 heterocycles. The first-order valence-corrected chi connectivity index (χ1v) is 6.58. The van der Waals surface area contributed by atoms with Crippen molar-refractivity contribution < 1.29 is 9.53 Å². The minimum absolute atomic E-state index is 0.00215. The molecule has 0 spiro atoms.